The molecule has 0 amide bonds. The van der Waals surface area contributed by atoms with Crippen molar-refractivity contribution in [2.75, 3.05) is 10.8 Å². The van der Waals surface area contributed by atoms with E-state index in [9.17, 15) is 12.8 Å². The van der Waals surface area contributed by atoms with Crippen LogP contribution in [-0.2, 0) is 16.4 Å². The Balaban J connectivity index is 2.13. The maximum atomic E-state index is 13.9. The van der Waals surface area contributed by atoms with Crippen molar-refractivity contribution in [2.24, 2.45) is 0 Å². The van der Waals surface area contributed by atoms with E-state index in [4.69, 9.17) is 0 Å². The van der Waals surface area contributed by atoms with Gasteiger partial charge in [-0.25, -0.2) is 12.8 Å². The second kappa shape index (κ2) is 5.48. The molecule has 5 heteroatoms. The molecule has 0 radical (unpaired) electrons. The van der Waals surface area contributed by atoms with E-state index in [1.165, 1.54) is 22.5 Å². The van der Waals surface area contributed by atoms with Crippen molar-refractivity contribution in [1.29, 1.82) is 0 Å². The Hall–Kier alpha value is -1.88. The van der Waals surface area contributed by atoms with Gasteiger partial charge in [0.1, 0.15) is 10.7 Å². The molecule has 0 saturated heterocycles. The van der Waals surface area contributed by atoms with E-state index in [1.807, 2.05) is 18.2 Å². The molecule has 2 aromatic rings. The Morgan fingerprint density at radius 3 is 2.48 bits per heavy atom. The lowest BCUT2D eigenvalue weighted by molar-refractivity contribution is 0.563. The van der Waals surface area contributed by atoms with Gasteiger partial charge in [-0.3, -0.25) is 4.31 Å². The average Bonchev–Trinajstić information content (AvgIpc) is 2.70. The minimum absolute atomic E-state index is 0.262. The molecule has 0 saturated carbocycles. The Morgan fingerprint density at radius 2 is 1.67 bits per heavy atom. The largest absolute Gasteiger partial charge is 0.267 e. The van der Waals surface area contributed by atoms with E-state index < -0.39 is 15.8 Å². The van der Waals surface area contributed by atoms with Gasteiger partial charge in [0.25, 0.3) is 10.0 Å². The van der Waals surface area contributed by atoms with Crippen LogP contribution in [0.1, 0.15) is 18.4 Å². The van der Waals surface area contributed by atoms with Crippen LogP contribution in [0.4, 0.5) is 10.1 Å². The van der Waals surface area contributed by atoms with E-state index in [-0.39, 0.29) is 4.90 Å². The van der Waals surface area contributed by atoms with Crippen LogP contribution in [0.3, 0.4) is 0 Å². The maximum absolute atomic E-state index is 13.9. The summed E-state index contributed by atoms with van der Waals surface area (Å²) in [7, 11) is -3.87. The Kier molecular flexibility index (Phi) is 3.68. The average molecular weight is 305 g/mol. The number of hydrogen-bond donors (Lipinski definition) is 0. The zero-order valence-corrected chi connectivity index (χ0v) is 12.3. The molecule has 3 nitrogen and oxygen atoms in total. The minimum atomic E-state index is -3.87. The van der Waals surface area contributed by atoms with Crippen molar-refractivity contribution in [2.45, 2.75) is 24.2 Å². The summed E-state index contributed by atoms with van der Waals surface area (Å²) in [5.41, 5.74) is 1.66. The Morgan fingerprint density at radius 1 is 0.952 bits per heavy atom. The number of para-hydroxylation sites is 1. The second-order valence-corrected chi connectivity index (χ2v) is 6.92. The van der Waals surface area contributed by atoms with Crippen molar-refractivity contribution < 1.29 is 12.8 Å². The minimum Gasteiger partial charge on any atom is -0.266 e. The Labute approximate surface area is 124 Å². The van der Waals surface area contributed by atoms with Crippen LogP contribution >= 0.6 is 0 Å². The zero-order valence-electron chi connectivity index (χ0n) is 11.5. The van der Waals surface area contributed by atoms with Crippen LogP contribution in [0.2, 0.25) is 0 Å². The first kappa shape index (κ1) is 14.1. The van der Waals surface area contributed by atoms with Gasteiger partial charge in [0.05, 0.1) is 5.69 Å². The van der Waals surface area contributed by atoms with Crippen LogP contribution in [0.5, 0.6) is 0 Å². The fraction of sp³-hybridized carbons (Fsp3) is 0.250. The number of hydrogen-bond acceptors (Lipinski definition) is 2. The van der Waals surface area contributed by atoms with Gasteiger partial charge >= 0.3 is 0 Å². The fourth-order valence-corrected chi connectivity index (χ4v) is 4.29. The van der Waals surface area contributed by atoms with E-state index in [0.717, 1.165) is 24.8 Å². The molecule has 1 heterocycles. The van der Waals surface area contributed by atoms with E-state index in [1.54, 1.807) is 12.1 Å². The van der Waals surface area contributed by atoms with Gasteiger partial charge in [0.15, 0.2) is 0 Å². The predicted molar refractivity (Wildman–Crippen MR) is 80.3 cm³/mol. The maximum Gasteiger partial charge on any atom is 0.267 e. The molecule has 0 aliphatic carbocycles. The molecule has 0 atom stereocenters. The number of halogens is 1. The smallest absolute Gasteiger partial charge is 0.266 e. The highest BCUT2D eigenvalue weighted by molar-refractivity contribution is 7.92. The molecule has 110 valence electrons. The summed E-state index contributed by atoms with van der Waals surface area (Å²) >= 11 is 0. The van der Waals surface area contributed by atoms with Gasteiger partial charge < -0.3 is 0 Å². The molecule has 0 aromatic heterocycles. The van der Waals surface area contributed by atoms with Crippen molar-refractivity contribution in [3.05, 3.63) is 59.9 Å². The lowest BCUT2D eigenvalue weighted by Crippen LogP contribution is -2.32. The molecule has 0 fully saturated rings. The quantitative estimate of drug-likeness (QED) is 0.853. The van der Waals surface area contributed by atoms with Crippen molar-refractivity contribution >= 4 is 15.7 Å². The van der Waals surface area contributed by atoms with Gasteiger partial charge in [-0.15, -0.1) is 0 Å². The summed E-state index contributed by atoms with van der Waals surface area (Å²) in [6.07, 6.45) is 2.54. The van der Waals surface area contributed by atoms with Crippen LogP contribution in [0.25, 0.3) is 0 Å². The first-order valence-electron chi connectivity index (χ1n) is 6.96. The van der Waals surface area contributed by atoms with Crippen molar-refractivity contribution in [1.82, 2.24) is 0 Å². The topological polar surface area (TPSA) is 37.4 Å². The highest BCUT2D eigenvalue weighted by Crippen LogP contribution is 2.31. The molecule has 3 rings (SSSR count). The third-order valence-electron chi connectivity index (χ3n) is 3.72. The summed E-state index contributed by atoms with van der Waals surface area (Å²) in [5.74, 6) is -0.709. The summed E-state index contributed by atoms with van der Waals surface area (Å²) in [6.45, 7) is 0.383. The zero-order chi connectivity index (χ0) is 14.9. The summed E-state index contributed by atoms with van der Waals surface area (Å²) in [4.78, 5) is -0.262. The molecule has 1 aliphatic heterocycles. The van der Waals surface area contributed by atoms with Crippen molar-refractivity contribution in [3.63, 3.8) is 0 Å². The molecule has 2 aromatic carbocycles. The highest BCUT2D eigenvalue weighted by Gasteiger charge is 2.29. The van der Waals surface area contributed by atoms with E-state index in [2.05, 4.69) is 0 Å². The van der Waals surface area contributed by atoms with Gasteiger partial charge in [-0.2, -0.15) is 0 Å². The lowest BCUT2D eigenvalue weighted by Gasteiger charge is -2.24. The first-order chi connectivity index (χ1) is 10.1. The van der Waals surface area contributed by atoms with Gasteiger partial charge in [-0.05, 0) is 43.0 Å². The van der Waals surface area contributed by atoms with Gasteiger partial charge in [0, 0.05) is 6.54 Å². The second-order valence-electron chi connectivity index (χ2n) is 5.09. The third kappa shape index (κ3) is 2.53. The van der Waals surface area contributed by atoms with Crippen LogP contribution < -0.4 is 4.31 Å². The molecule has 0 bridgehead atoms. The lowest BCUT2D eigenvalue weighted by atomic mass is 10.1. The number of anilines is 1. The molecular weight excluding hydrogens is 289 g/mol. The highest BCUT2D eigenvalue weighted by atomic mass is 32.2. The van der Waals surface area contributed by atoms with Crippen molar-refractivity contribution in [3.8, 4) is 0 Å². The van der Waals surface area contributed by atoms with Gasteiger partial charge in [-0.1, -0.05) is 30.3 Å². The normalized spacial score (nSPS) is 15.4. The number of fused-ring (bicyclic) bond motifs is 1. The summed E-state index contributed by atoms with van der Waals surface area (Å²) in [6, 6.07) is 13.0. The molecule has 0 N–H and O–H groups in total. The number of benzene rings is 2. The van der Waals surface area contributed by atoms with Crippen LogP contribution in [0.15, 0.2) is 53.4 Å². The summed E-state index contributed by atoms with van der Waals surface area (Å²) in [5, 5.41) is 0. The monoisotopic (exact) mass is 305 g/mol. The molecule has 0 unspecified atom stereocenters. The summed E-state index contributed by atoms with van der Waals surface area (Å²) < 4.78 is 40.9. The van der Waals surface area contributed by atoms with E-state index in [0.29, 0.717) is 12.2 Å². The molecule has 1 aliphatic rings. The fourth-order valence-electron chi connectivity index (χ4n) is 2.68. The third-order valence-corrected chi connectivity index (χ3v) is 5.57. The number of aryl methyl sites for hydroxylation is 1. The van der Waals surface area contributed by atoms with Crippen LogP contribution in [-0.4, -0.2) is 15.0 Å². The molecular formula is C16H16FNO2S. The number of sulfonamides is 1. The number of nitrogens with zero attached hydrogens (tertiary/aromatic N) is 1. The SMILES string of the molecule is O=S(=O)(c1ccccc1F)N1CCCCc2ccccc21. The predicted octanol–water partition coefficient (Wildman–Crippen LogP) is 3.36. The molecule has 21 heavy (non-hydrogen) atoms. The Bertz CT molecular complexity index is 758. The van der Waals surface area contributed by atoms with Gasteiger partial charge in [0.2, 0.25) is 0 Å². The van der Waals surface area contributed by atoms with E-state index >= 15 is 0 Å². The first-order valence-corrected chi connectivity index (χ1v) is 8.40. The number of rotatable bonds is 2. The van der Waals surface area contributed by atoms with Crippen LogP contribution in [0, 0.1) is 5.82 Å². The molecule has 0 spiro atoms. The standard InChI is InChI=1S/C16H16FNO2S/c17-14-9-2-4-11-16(14)21(19,20)18-12-6-5-8-13-7-1-3-10-15(13)18/h1-4,7,9-11H,5-6,8,12H2.